The maximum absolute atomic E-state index is 13.0. The molecule has 0 aliphatic carbocycles. The first-order valence-electron chi connectivity index (χ1n) is 5.09. The van der Waals surface area contributed by atoms with Crippen molar-refractivity contribution < 1.29 is 13.9 Å². The summed E-state index contributed by atoms with van der Waals surface area (Å²) >= 11 is 1.40. The van der Waals surface area contributed by atoms with Gasteiger partial charge in [0.1, 0.15) is 11.1 Å². The average Bonchev–Trinajstić information content (AvgIpc) is 2.29. The van der Waals surface area contributed by atoms with E-state index in [1.807, 2.05) is 6.92 Å². The third kappa shape index (κ3) is 3.23. The summed E-state index contributed by atoms with van der Waals surface area (Å²) < 4.78 is 17.7. The van der Waals surface area contributed by atoms with E-state index in [1.165, 1.54) is 24.9 Å². The van der Waals surface area contributed by atoms with Crippen molar-refractivity contribution in [2.24, 2.45) is 0 Å². The number of ether oxygens (including phenoxy) is 1. The quantitative estimate of drug-likeness (QED) is 0.599. The zero-order valence-corrected chi connectivity index (χ0v) is 10.4. The summed E-state index contributed by atoms with van der Waals surface area (Å²) in [6, 6.07) is 4.84. The van der Waals surface area contributed by atoms with Gasteiger partial charge < -0.3 is 4.74 Å². The predicted octanol–water partition coefficient (Wildman–Crippen LogP) is 3.18. The van der Waals surface area contributed by atoms with Crippen molar-refractivity contribution in [1.29, 1.82) is 0 Å². The fourth-order valence-electron chi connectivity index (χ4n) is 1.28. The molecule has 1 aromatic carbocycles. The van der Waals surface area contributed by atoms with E-state index in [1.54, 1.807) is 19.1 Å². The molecular weight excluding hydrogens is 227 g/mol. The molecule has 0 heterocycles. The summed E-state index contributed by atoms with van der Waals surface area (Å²) in [7, 11) is 1.38. The van der Waals surface area contributed by atoms with Crippen molar-refractivity contribution in [1.82, 2.24) is 0 Å². The third-order valence-electron chi connectivity index (χ3n) is 2.24. The normalized spacial score (nSPS) is 12.2. The van der Waals surface area contributed by atoms with Gasteiger partial charge in [0, 0.05) is 4.90 Å². The second kappa shape index (κ2) is 5.89. The van der Waals surface area contributed by atoms with Gasteiger partial charge in [0.05, 0.1) is 7.11 Å². The van der Waals surface area contributed by atoms with Crippen LogP contribution >= 0.6 is 11.8 Å². The number of thioether (sulfide) groups is 1. The van der Waals surface area contributed by atoms with E-state index in [0.29, 0.717) is 12.0 Å². The van der Waals surface area contributed by atoms with Gasteiger partial charge in [0.2, 0.25) is 0 Å². The van der Waals surface area contributed by atoms with Crippen molar-refractivity contribution in [3.63, 3.8) is 0 Å². The molecular formula is C12H15FO2S. The van der Waals surface area contributed by atoms with Crippen molar-refractivity contribution in [2.75, 3.05) is 7.11 Å². The highest BCUT2D eigenvalue weighted by atomic mass is 32.2. The molecule has 2 nitrogen and oxygen atoms in total. The van der Waals surface area contributed by atoms with Gasteiger partial charge in [0.25, 0.3) is 0 Å². The van der Waals surface area contributed by atoms with E-state index >= 15 is 0 Å². The maximum Gasteiger partial charge on any atom is 0.319 e. The van der Waals surface area contributed by atoms with Crippen molar-refractivity contribution in [3.05, 3.63) is 29.6 Å². The molecule has 1 atom stereocenters. The number of carbonyl (C=O) groups is 1. The summed E-state index contributed by atoms with van der Waals surface area (Å²) in [5, 5.41) is -0.227. The Morgan fingerprint density at radius 1 is 1.56 bits per heavy atom. The number of benzene rings is 1. The minimum absolute atomic E-state index is 0.226. The Kier molecular flexibility index (Phi) is 4.80. The molecule has 88 valence electrons. The highest BCUT2D eigenvalue weighted by Gasteiger charge is 2.18. The minimum Gasteiger partial charge on any atom is -0.468 e. The Balaban J connectivity index is 2.78. The number of methoxy groups -OCH3 is 1. The van der Waals surface area contributed by atoms with E-state index in [9.17, 15) is 9.18 Å². The van der Waals surface area contributed by atoms with Gasteiger partial charge in [-0.15, -0.1) is 11.8 Å². The lowest BCUT2D eigenvalue weighted by molar-refractivity contribution is -0.140. The molecule has 0 spiro atoms. The van der Waals surface area contributed by atoms with Crippen LogP contribution in [0.25, 0.3) is 0 Å². The summed E-state index contributed by atoms with van der Waals surface area (Å²) in [6.45, 7) is 3.63. The van der Waals surface area contributed by atoms with Gasteiger partial charge in [-0.3, -0.25) is 4.79 Å². The molecule has 1 aromatic rings. The van der Waals surface area contributed by atoms with Crippen LogP contribution in [0.3, 0.4) is 0 Å². The van der Waals surface area contributed by atoms with Gasteiger partial charge in [-0.1, -0.05) is 6.92 Å². The third-order valence-corrected chi connectivity index (χ3v) is 3.58. The van der Waals surface area contributed by atoms with Crippen LogP contribution < -0.4 is 0 Å². The fraction of sp³-hybridized carbons (Fsp3) is 0.417. The second-order valence-corrected chi connectivity index (χ2v) is 4.73. The van der Waals surface area contributed by atoms with Gasteiger partial charge in [-0.2, -0.15) is 0 Å². The minimum atomic E-state index is -0.241. The smallest absolute Gasteiger partial charge is 0.319 e. The molecule has 0 amide bonds. The van der Waals surface area contributed by atoms with Crippen LogP contribution in [-0.4, -0.2) is 18.3 Å². The Hall–Kier alpha value is -1.03. The van der Waals surface area contributed by atoms with Gasteiger partial charge in [0.15, 0.2) is 0 Å². The highest BCUT2D eigenvalue weighted by molar-refractivity contribution is 8.00. The monoisotopic (exact) mass is 242 g/mol. The number of rotatable bonds is 4. The lowest BCUT2D eigenvalue weighted by atomic mass is 10.2. The number of halogens is 1. The van der Waals surface area contributed by atoms with E-state index in [4.69, 9.17) is 4.74 Å². The van der Waals surface area contributed by atoms with Crippen LogP contribution in [0, 0.1) is 12.7 Å². The molecule has 0 radical (unpaired) electrons. The van der Waals surface area contributed by atoms with Crippen molar-refractivity contribution in [2.45, 2.75) is 30.4 Å². The van der Waals surface area contributed by atoms with Crippen LogP contribution in [0.4, 0.5) is 4.39 Å². The Labute approximate surface area is 99.2 Å². The average molecular weight is 242 g/mol. The van der Waals surface area contributed by atoms with E-state index in [0.717, 1.165) is 4.90 Å². The molecule has 0 aliphatic rings. The number of aryl methyl sites for hydroxylation is 1. The summed E-state index contributed by atoms with van der Waals surface area (Å²) in [5.41, 5.74) is 0.588. The number of hydrogen-bond acceptors (Lipinski definition) is 3. The summed E-state index contributed by atoms with van der Waals surface area (Å²) in [6.07, 6.45) is 0.688. The number of esters is 1. The maximum atomic E-state index is 13.0. The molecule has 0 aromatic heterocycles. The first-order chi connectivity index (χ1) is 7.58. The second-order valence-electron chi connectivity index (χ2n) is 3.45. The molecule has 16 heavy (non-hydrogen) atoms. The van der Waals surface area contributed by atoms with Crippen molar-refractivity contribution in [3.8, 4) is 0 Å². The molecule has 0 N–H and O–H groups in total. The van der Waals surface area contributed by atoms with E-state index in [2.05, 4.69) is 0 Å². The van der Waals surface area contributed by atoms with Gasteiger partial charge >= 0.3 is 5.97 Å². The summed E-state index contributed by atoms with van der Waals surface area (Å²) in [5.74, 6) is -0.468. The van der Waals surface area contributed by atoms with E-state index < -0.39 is 0 Å². The zero-order chi connectivity index (χ0) is 12.1. The van der Waals surface area contributed by atoms with E-state index in [-0.39, 0.29) is 17.0 Å². The largest absolute Gasteiger partial charge is 0.468 e. The Morgan fingerprint density at radius 3 is 2.75 bits per heavy atom. The van der Waals surface area contributed by atoms with Crippen LogP contribution in [-0.2, 0) is 9.53 Å². The van der Waals surface area contributed by atoms with Crippen LogP contribution in [0.15, 0.2) is 23.1 Å². The predicted molar refractivity (Wildman–Crippen MR) is 63.1 cm³/mol. The summed E-state index contributed by atoms with van der Waals surface area (Å²) in [4.78, 5) is 12.3. The molecule has 0 saturated carbocycles. The Morgan fingerprint density at radius 2 is 2.25 bits per heavy atom. The lowest BCUT2D eigenvalue weighted by Crippen LogP contribution is -2.17. The number of carbonyl (C=O) groups excluding carboxylic acids is 1. The molecule has 4 heteroatoms. The molecule has 1 rings (SSSR count). The zero-order valence-electron chi connectivity index (χ0n) is 9.62. The lowest BCUT2D eigenvalue weighted by Gasteiger charge is -2.12. The topological polar surface area (TPSA) is 26.3 Å². The standard InChI is InChI=1S/C12H15FO2S/c1-4-11(12(14)15-3)16-9-5-6-10(13)8(2)7-9/h5-7,11H,4H2,1-3H3. The van der Waals surface area contributed by atoms with Crippen LogP contribution in [0.2, 0.25) is 0 Å². The van der Waals surface area contributed by atoms with Crippen molar-refractivity contribution >= 4 is 17.7 Å². The fourth-order valence-corrected chi connectivity index (χ4v) is 2.36. The molecule has 1 unspecified atom stereocenters. The Bertz CT molecular complexity index is 379. The molecule has 0 fully saturated rings. The van der Waals surface area contributed by atoms with Crippen LogP contribution in [0.1, 0.15) is 18.9 Å². The molecule has 0 bridgehead atoms. The molecule has 0 aliphatic heterocycles. The van der Waals surface area contributed by atoms with Gasteiger partial charge in [-0.25, -0.2) is 4.39 Å². The van der Waals surface area contributed by atoms with Gasteiger partial charge in [-0.05, 0) is 37.1 Å². The SMILES string of the molecule is CCC(Sc1ccc(F)c(C)c1)C(=O)OC. The first-order valence-corrected chi connectivity index (χ1v) is 5.97. The molecule has 0 saturated heterocycles. The highest BCUT2D eigenvalue weighted by Crippen LogP contribution is 2.27. The van der Waals surface area contributed by atoms with Crippen LogP contribution in [0.5, 0.6) is 0 Å². The first kappa shape index (κ1) is 13.0. The number of hydrogen-bond donors (Lipinski definition) is 0.